The summed E-state index contributed by atoms with van der Waals surface area (Å²) in [5.41, 5.74) is 0.962. The highest BCUT2D eigenvalue weighted by atomic mass is 79.9. The zero-order valence-electron chi connectivity index (χ0n) is 9.59. The van der Waals surface area contributed by atoms with Gasteiger partial charge in [0, 0.05) is 10.5 Å². The van der Waals surface area contributed by atoms with Crippen LogP contribution in [0.2, 0.25) is 0 Å². The second-order valence-corrected chi connectivity index (χ2v) is 4.59. The van der Waals surface area contributed by atoms with Crippen LogP contribution in [0.15, 0.2) is 46.9 Å². The molecular formula is C13H10BrNO3. The van der Waals surface area contributed by atoms with Crippen LogP contribution in [-0.4, -0.2) is 4.92 Å². The second kappa shape index (κ2) is 5.18. The van der Waals surface area contributed by atoms with Crippen LogP contribution in [0.1, 0.15) is 5.56 Å². The first-order chi connectivity index (χ1) is 8.58. The van der Waals surface area contributed by atoms with Crippen molar-refractivity contribution in [1.82, 2.24) is 0 Å². The maximum atomic E-state index is 10.9. The molecule has 0 aromatic heterocycles. The smallest absolute Gasteiger partial charge is 0.311 e. The van der Waals surface area contributed by atoms with Gasteiger partial charge in [-0.05, 0) is 36.8 Å². The molecule has 0 fully saturated rings. The average Bonchev–Trinajstić information content (AvgIpc) is 2.34. The van der Waals surface area contributed by atoms with Gasteiger partial charge < -0.3 is 4.74 Å². The molecule has 92 valence electrons. The zero-order chi connectivity index (χ0) is 13.1. The molecule has 0 aliphatic carbocycles. The monoisotopic (exact) mass is 307 g/mol. The number of ether oxygens (including phenoxy) is 1. The molecular weight excluding hydrogens is 298 g/mol. The number of nitrogens with zero attached hydrogens (tertiary/aromatic N) is 1. The first-order valence-electron chi connectivity index (χ1n) is 5.25. The fourth-order valence-corrected chi connectivity index (χ4v) is 1.75. The fraction of sp³-hybridized carbons (Fsp3) is 0.0769. The van der Waals surface area contributed by atoms with Gasteiger partial charge in [0.05, 0.1) is 4.92 Å². The number of aryl methyl sites for hydroxylation is 1. The van der Waals surface area contributed by atoms with Crippen molar-refractivity contribution in [2.24, 2.45) is 0 Å². The molecule has 0 N–H and O–H groups in total. The lowest BCUT2D eigenvalue weighted by molar-refractivity contribution is -0.385. The number of nitro groups is 1. The summed E-state index contributed by atoms with van der Waals surface area (Å²) in [6.07, 6.45) is 0. The van der Waals surface area contributed by atoms with Gasteiger partial charge in [-0.2, -0.15) is 0 Å². The number of rotatable bonds is 3. The van der Waals surface area contributed by atoms with Crippen molar-refractivity contribution in [3.05, 3.63) is 62.6 Å². The molecule has 0 bridgehead atoms. The number of nitro benzene ring substituents is 1. The second-order valence-electron chi connectivity index (χ2n) is 3.74. The summed E-state index contributed by atoms with van der Waals surface area (Å²) in [6.45, 7) is 1.93. The third-order valence-electron chi connectivity index (χ3n) is 2.42. The van der Waals surface area contributed by atoms with Crippen molar-refractivity contribution in [3.63, 3.8) is 0 Å². The predicted molar refractivity (Wildman–Crippen MR) is 72.0 cm³/mol. The number of para-hydroxylation sites is 2. The minimum absolute atomic E-state index is 0.0435. The number of hydrogen-bond acceptors (Lipinski definition) is 3. The lowest BCUT2D eigenvalue weighted by Gasteiger charge is -2.07. The van der Waals surface area contributed by atoms with Crippen LogP contribution in [0.5, 0.6) is 11.5 Å². The number of benzene rings is 2. The van der Waals surface area contributed by atoms with Crippen LogP contribution < -0.4 is 4.74 Å². The molecule has 0 atom stereocenters. The van der Waals surface area contributed by atoms with Gasteiger partial charge in [0.15, 0.2) is 0 Å². The van der Waals surface area contributed by atoms with E-state index in [1.54, 1.807) is 24.3 Å². The molecule has 2 rings (SSSR count). The number of hydrogen-bond donors (Lipinski definition) is 0. The Morgan fingerprint density at radius 2 is 1.94 bits per heavy atom. The van der Waals surface area contributed by atoms with E-state index in [1.165, 1.54) is 6.07 Å². The maximum absolute atomic E-state index is 10.9. The van der Waals surface area contributed by atoms with Crippen LogP contribution in [0.4, 0.5) is 5.69 Å². The Kier molecular flexibility index (Phi) is 3.62. The summed E-state index contributed by atoms with van der Waals surface area (Å²) in [4.78, 5) is 10.4. The SMILES string of the molecule is Cc1cc(Oc2ccccc2[N+](=O)[O-])ccc1Br. The standard InChI is InChI=1S/C13H10BrNO3/c1-9-8-10(6-7-11(9)14)18-13-5-3-2-4-12(13)15(16)17/h2-8H,1H3. The van der Waals surface area contributed by atoms with Gasteiger partial charge in [0.2, 0.25) is 5.75 Å². The summed E-state index contributed by atoms with van der Waals surface area (Å²) < 4.78 is 6.51. The van der Waals surface area contributed by atoms with Crippen LogP contribution in [0.3, 0.4) is 0 Å². The van der Waals surface area contributed by atoms with Gasteiger partial charge in [-0.25, -0.2) is 0 Å². The van der Waals surface area contributed by atoms with E-state index in [9.17, 15) is 10.1 Å². The third-order valence-corrected chi connectivity index (χ3v) is 3.31. The predicted octanol–water partition coefficient (Wildman–Crippen LogP) is 4.46. The molecule has 18 heavy (non-hydrogen) atoms. The van der Waals surface area contributed by atoms with E-state index in [2.05, 4.69) is 15.9 Å². The molecule has 0 heterocycles. The first kappa shape index (κ1) is 12.6. The van der Waals surface area contributed by atoms with Crippen molar-refractivity contribution in [1.29, 1.82) is 0 Å². The largest absolute Gasteiger partial charge is 0.450 e. The summed E-state index contributed by atoms with van der Waals surface area (Å²) in [6, 6.07) is 11.7. The Labute approximate surface area is 112 Å². The highest BCUT2D eigenvalue weighted by molar-refractivity contribution is 9.10. The van der Waals surface area contributed by atoms with E-state index in [0.29, 0.717) is 5.75 Å². The van der Waals surface area contributed by atoms with Gasteiger partial charge in [-0.3, -0.25) is 10.1 Å². The van der Waals surface area contributed by atoms with Gasteiger partial charge >= 0.3 is 5.69 Å². The summed E-state index contributed by atoms with van der Waals surface area (Å²) in [7, 11) is 0. The minimum atomic E-state index is -0.457. The van der Waals surface area contributed by atoms with Crippen molar-refractivity contribution >= 4 is 21.6 Å². The summed E-state index contributed by atoms with van der Waals surface area (Å²) in [5.74, 6) is 0.814. The summed E-state index contributed by atoms with van der Waals surface area (Å²) >= 11 is 3.39. The molecule has 0 unspecified atom stereocenters. The highest BCUT2D eigenvalue weighted by Gasteiger charge is 2.14. The highest BCUT2D eigenvalue weighted by Crippen LogP contribution is 2.32. The molecule has 5 heteroatoms. The van der Waals surface area contributed by atoms with Crippen molar-refractivity contribution in [3.8, 4) is 11.5 Å². The lowest BCUT2D eigenvalue weighted by atomic mass is 10.2. The van der Waals surface area contributed by atoms with Gasteiger partial charge in [0.1, 0.15) is 5.75 Å². The normalized spacial score (nSPS) is 10.1. The van der Waals surface area contributed by atoms with E-state index in [0.717, 1.165) is 10.0 Å². The van der Waals surface area contributed by atoms with Crippen molar-refractivity contribution in [2.45, 2.75) is 6.92 Å². The van der Waals surface area contributed by atoms with Crippen LogP contribution in [0.25, 0.3) is 0 Å². The maximum Gasteiger partial charge on any atom is 0.311 e. The molecule has 0 saturated carbocycles. The van der Waals surface area contributed by atoms with Gasteiger partial charge in [-0.1, -0.05) is 28.1 Å². The van der Waals surface area contributed by atoms with E-state index in [-0.39, 0.29) is 11.4 Å². The van der Waals surface area contributed by atoms with E-state index >= 15 is 0 Å². The van der Waals surface area contributed by atoms with Crippen molar-refractivity contribution in [2.75, 3.05) is 0 Å². The Balaban J connectivity index is 2.34. The topological polar surface area (TPSA) is 52.4 Å². The minimum Gasteiger partial charge on any atom is -0.450 e. The Hall–Kier alpha value is -1.88. The first-order valence-corrected chi connectivity index (χ1v) is 6.04. The van der Waals surface area contributed by atoms with Crippen LogP contribution in [-0.2, 0) is 0 Å². The molecule has 2 aromatic rings. The van der Waals surface area contributed by atoms with Crippen LogP contribution in [0, 0.1) is 17.0 Å². The zero-order valence-corrected chi connectivity index (χ0v) is 11.2. The van der Waals surface area contributed by atoms with Crippen molar-refractivity contribution < 1.29 is 9.66 Å². The van der Waals surface area contributed by atoms with E-state index < -0.39 is 4.92 Å². The molecule has 0 aliphatic heterocycles. The molecule has 0 spiro atoms. The fourth-order valence-electron chi connectivity index (χ4n) is 1.50. The lowest BCUT2D eigenvalue weighted by Crippen LogP contribution is -1.93. The Bertz CT molecular complexity index is 599. The van der Waals surface area contributed by atoms with E-state index in [1.807, 2.05) is 19.1 Å². The number of halogens is 1. The van der Waals surface area contributed by atoms with Crippen LogP contribution >= 0.6 is 15.9 Å². The molecule has 0 aliphatic rings. The molecule has 0 radical (unpaired) electrons. The Morgan fingerprint density at radius 1 is 1.22 bits per heavy atom. The molecule has 4 nitrogen and oxygen atoms in total. The Morgan fingerprint density at radius 3 is 2.61 bits per heavy atom. The van der Waals surface area contributed by atoms with Gasteiger partial charge in [-0.15, -0.1) is 0 Å². The average molecular weight is 308 g/mol. The third kappa shape index (κ3) is 2.68. The van der Waals surface area contributed by atoms with Gasteiger partial charge in [0.25, 0.3) is 0 Å². The molecule has 2 aromatic carbocycles. The molecule has 0 saturated heterocycles. The van der Waals surface area contributed by atoms with E-state index in [4.69, 9.17) is 4.74 Å². The quantitative estimate of drug-likeness (QED) is 0.621. The molecule has 0 amide bonds. The summed E-state index contributed by atoms with van der Waals surface area (Å²) in [5, 5.41) is 10.9.